The molecule has 0 radical (unpaired) electrons. The fourth-order valence-electron chi connectivity index (χ4n) is 3.64. The number of aliphatic hydroxyl groups is 1. The van der Waals surface area contributed by atoms with E-state index < -0.39 is 11.6 Å². The van der Waals surface area contributed by atoms with Gasteiger partial charge in [-0.2, -0.15) is 0 Å². The van der Waals surface area contributed by atoms with E-state index in [1.165, 1.54) is 12.1 Å². The van der Waals surface area contributed by atoms with Gasteiger partial charge in [0.05, 0.1) is 5.71 Å². The Morgan fingerprint density at radius 2 is 2.15 bits per heavy atom. The summed E-state index contributed by atoms with van der Waals surface area (Å²) < 4.78 is 18.9. The van der Waals surface area contributed by atoms with Crippen LogP contribution in [-0.2, 0) is 21.0 Å². The summed E-state index contributed by atoms with van der Waals surface area (Å²) in [6, 6.07) is 6.05. The van der Waals surface area contributed by atoms with Crippen LogP contribution in [0.4, 0.5) is 4.39 Å². The van der Waals surface area contributed by atoms with E-state index in [4.69, 9.17) is 9.57 Å². The van der Waals surface area contributed by atoms with Gasteiger partial charge in [-0.05, 0) is 49.8 Å². The Balaban J connectivity index is 1.76. The number of nitrogens with zero attached hydrogens (tertiary/aromatic N) is 1. The third kappa shape index (κ3) is 4.06. The minimum Gasteiger partial charge on any atom is -0.511 e. The van der Waals surface area contributed by atoms with E-state index in [0.717, 1.165) is 32.1 Å². The number of rotatable bonds is 6. The third-order valence-electron chi connectivity index (χ3n) is 4.88. The van der Waals surface area contributed by atoms with Crippen LogP contribution in [0, 0.1) is 5.82 Å². The van der Waals surface area contributed by atoms with Gasteiger partial charge in [0.2, 0.25) is 0 Å². The molecule has 0 atom stereocenters. The summed E-state index contributed by atoms with van der Waals surface area (Å²) in [5, 5.41) is 14.6. The van der Waals surface area contributed by atoms with Gasteiger partial charge in [0.1, 0.15) is 29.4 Å². The van der Waals surface area contributed by atoms with E-state index in [1.807, 2.05) is 6.92 Å². The second-order valence-corrected chi connectivity index (χ2v) is 6.97. The zero-order chi connectivity index (χ0) is 18.6. The van der Waals surface area contributed by atoms with Crippen LogP contribution in [0.2, 0.25) is 0 Å². The molecule has 0 unspecified atom stereocenters. The van der Waals surface area contributed by atoms with Crippen LogP contribution >= 0.6 is 0 Å². The van der Waals surface area contributed by atoms with Gasteiger partial charge in [-0.15, -0.1) is 0 Å². The molecule has 1 saturated carbocycles. The van der Waals surface area contributed by atoms with E-state index >= 15 is 0 Å². The van der Waals surface area contributed by atoms with Crippen molar-refractivity contribution in [3.63, 3.8) is 0 Å². The normalized spacial score (nSPS) is 19.8. The van der Waals surface area contributed by atoms with E-state index in [-0.39, 0.29) is 23.8 Å². The molecule has 0 amide bonds. The molecule has 26 heavy (non-hydrogen) atoms. The number of hydrogen-bond donors (Lipinski definition) is 1. The van der Waals surface area contributed by atoms with Crippen LogP contribution < -0.4 is 0 Å². The van der Waals surface area contributed by atoms with Crippen molar-refractivity contribution in [1.29, 1.82) is 0 Å². The van der Waals surface area contributed by atoms with Crippen molar-refractivity contribution < 1.29 is 23.9 Å². The van der Waals surface area contributed by atoms with Crippen molar-refractivity contribution >= 4 is 11.7 Å². The Bertz CT molecular complexity index is 735. The molecule has 2 aliphatic rings. The highest BCUT2D eigenvalue weighted by molar-refractivity contribution is 6.20. The molecule has 1 aromatic rings. The summed E-state index contributed by atoms with van der Waals surface area (Å²) >= 11 is 0. The van der Waals surface area contributed by atoms with Crippen molar-refractivity contribution in [2.75, 3.05) is 0 Å². The smallest absolute Gasteiger partial charge is 0.344 e. The molecular formula is C20H24FNO4. The molecule has 140 valence electrons. The molecule has 0 bridgehead atoms. The number of benzene rings is 1. The van der Waals surface area contributed by atoms with Gasteiger partial charge in [-0.25, -0.2) is 9.18 Å². The molecule has 5 nitrogen and oxygen atoms in total. The van der Waals surface area contributed by atoms with Gasteiger partial charge in [-0.1, -0.05) is 30.6 Å². The summed E-state index contributed by atoms with van der Waals surface area (Å²) in [6.45, 7) is 2.03. The fourth-order valence-corrected chi connectivity index (χ4v) is 3.64. The summed E-state index contributed by atoms with van der Waals surface area (Å²) in [5.41, 5.74) is 0.575. The SMILES string of the molecule is CCC/C(=N\OCc1cccc(F)c1)C1=C(O)CC2(CCCC2)OC1=O. The second kappa shape index (κ2) is 7.89. The summed E-state index contributed by atoms with van der Waals surface area (Å²) in [4.78, 5) is 17.9. The Morgan fingerprint density at radius 3 is 2.81 bits per heavy atom. The first-order chi connectivity index (χ1) is 12.5. The highest BCUT2D eigenvalue weighted by atomic mass is 19.1. The molecule has 1 aromatic carbocycles. The summed E-state index contributed by atoms with van der Waals surface area (Å²) in [7, 11) is 0. The molecular weight excluding hydrogens is 337 g/mol. The fraction of sp³-hybridized carbons (Fsp3) is 0.500. The number of carbonyl (C=O) groups excluding carboxylic acids is 1. The van der Waals surface area contributed by atoms with E-state index in [2.05, 4.69) is 5.16 Å². The van der Waals surface area contributed by atoms with Gasteiger partial charge in [0, 0.05) is 6.42 Å². The Kier molecular flexibility index (Phi) is 5.59. The lowest BCUT2D eigenvalue weighted by Crippen LogP contribution is -2.39. The minimum absolute atomic E-state index is 0.0321. The van der Waals surface area contributed by atoms with Gasteiger partial charge < -0.3 is 14.7 Å². The lowest BCUT2D eigenvalue weighted by atomic mass is 9.90. The highest BCUT2D eigenvalue weighted by Crippen LogP contribution is 2.42. The van der Waals surface area contributed by atoms with Gasteiger partial charge in [0.15, 0.2) is 0 Å². The molecule has 0 saturated heterocycles. The molecule has 3 rings (SSSR count). The topological polar surface area (TPSA) is 68.1 Å². The number of carbonyl (C=O) groups is 1. The number of ether oxygens (including phenoxy) is 1. The lowest BCUT2D eigenvalue weighted by Gasteiger charge is -2.33. The first-order valence-corrected chi connectivity index (χ1v) is 9.12. The monoisotopic (exact) mass is 361 g/mol. The maximum absolute atomic E-state index is 13.2. The predicted octanol–water partition coefficient (Wildman–Crippen LogP) is 4.57. The van der Waals surface area contributed by atoms with Crippen LogP contribution in [0.3, 0.4) is 0 Å². The summed E-state index contributed by atoms with van der Waals surface area (Å²) in [5.74, 6) is -0.844. The van der Waals surface area contributed by atoms with Gasteiger partial charge in [-0.3, -0.25) is 0 Å². The van der Waals surface area contributed by atoms with E-state index in [0.29, 0.717) is 24.1 Å². The number of aliphatic hydroxyl groups excluding tert-OH is 1. The minimum atomic E-state index is -0.551. The Morgan fingerprint density at radius 1 is 1.38 bits per heavy atom. The third-order valence-corrected chi connectivity index (χ3v) is 4.88. The second-order valence-electron chi connectivity index (χ2n) is 6.97. The highest BCUT2D eigenvalue weighted by Gasteiger charge is 2.44. The van der Waals surface area contributed by atoms with Crippen molar-refractivity contribution in [2.45, 2.75) is 64.1 Å². The molecule has 1 aliphatic heterocycles. The van der Waals surface area contributed by atoms with Gasteiger partial charge >= 0.3 is 5.97 Å². The lowest BCUT2D eigenvalue weighted by molar-refractivity contribution is -0.157. The number of oxime groups is 1. The quantitative estimate of drug-likeness (QED) is 0.458. The predicted molar refractivity (Wildman–Crippen MR) is 95.1 cm³/mol. The molecule has 1 spiro atoms. The van der Waals surface area contributed by atoms with Crippen LogP contribution in [0.25, 0.3) is 0 Å². The first-order valence-electron chi connectivity index (χ1n) is 9.12. The van der Waals surface area contributed by atoms with Crippen LogP contribution in [-0.4, -0.2) is 22.4 Å². The molecule has 1 fully saturated rings. The maximum Gasteiger partial charge on any atom is 0.344 e. The van der Waals surface area contributed by atoms with Crippen LogP contribution in [0.1, 0.15) is 57.4 Å². The molecule has 1 heterocycles. The average Bonchev–Trinajstić information content (AvgIpc) is 3.01. The van der Waals surface area contributed by atoms with Gasteiger partial charge in [0.25, 0.3) is 0 Å². The molecule has 1 N–H and O–H groups in total. The molecule has 0 aromatic heterocycles. The van der Waals surface area contributed by atoms with Crippen molar-refractivity contribution in [1.82, 2.24) is 0 Å². The molecule has 6 heteroatoms. The van der Waals surface area contributed by atoms with E-state index in [9.17, 15) is 14.3 Å². The van der Waals surface area contributed by atoms with Crippen LogP contribution in [0.5, 0.6) is 0 Å². The standard InChI is InChI=1S/C20H24FNO4/c1-2-6-16(22-25-13-14-7-5-8-15(21)11-14)18-17(23)12-20(26-19(18)24)9-3-4-10-20/h5,7-8,11,23H,2-4,6,9-10,12-13H2,1H3/b22-16+. The molecule has 1 aliphatic carbocycles. The maximum atomic E-state index is 13.2. The zero-order valence-corrected chi connectivity index (χ0v) is 15.0. The Hall–Kier alpha value is -2.37. The number of esters is 1. The van der Waals surface area contributed by atoms with Crippen molar-refractivity contribution in [2.24, 2.45) is 5.16 Å². The van der Waals surface area contributed by atoms with Crippen LogP contribution in [0.15, 0.2) is 40.8 Å². The number of hydrogen-bond acceptors (Lipinski definition) is 5. The Labute approximate surface area is 152 Å². The zero-order valence-electron chi connectivity index (χ0n) is 15.0. The summed E-state index contributed by atoms with van der Waals surface area (Å²) in [6.07, 6.45) is 5.12. The van der Waals surface area contributed by atoms with Crippen molar-refractivity contribution in [3.05, 3.63) is 47.0 Å². The average molecular weight is 361 g/mol. The van der Waals surface area contributed by atoms with E-state index in [1.54, 1.807) is 12.1 Å². The van der Waals surface area contributed by atoms with Crippen molar-refractivity contribution in [3.8, 4) is 0 Å². The largest absolute Gasteiger partial charge is 0.511 e. The number of halogens is 1. The first kappa shape index (κ1) is 18.4.